The minimum atomic E-state index is -0.158. The van der Waals surface area contributed by atoms with Crippen molar-refractivity contribution in [1.82, 2.24) is 0 Å². The quantitative estimate of drug-likeness (QED) is 0.813. The zero-order valence-electron chi connectivity index (χ0n) is 8.75. The van der Waals surface area contributed by atoms with Gasteiger partial charge in [-0.15, -0.1) is 11.3 Å². The van der Waals surface area contributed by atoms with Gasteiger partial charge in [0.2, 0.25) is 0 Å². The van der Waals surface area contributed by atoms with Gasteiger partial charge in [0.05, 0.1) is 6.10 Å². The molecule has 1 aromatic rings. The van der Waals surface area contributed by atoms with E-state index in [1.54, 1.807) is 10.4 Å². The molecule has 0 aliphatic heterocycles. The minimum Gasteiger partial charge on any atom is -0.393 e. The highest BCUT2D eigenvalue weighted by Gasteiger charge is 2.13. The third-order valence-corrected chi connectivity index (χ3v) is 4.15. The van der Waals surface area contributed by atoms with Crippen LogP contribution in [0.5, 0.6) is 0 Å². The molecule has 1 atom stereocenters. The maximum absolute atomic E-state index is 9.22. The molecule has 2 heteroatoms. The number of aliphatic hydroxyl groups excluding tert-OH is 1. The Morgan fingerprint density at radius 1 is 1.43 bits per heavy atom. The first-order valence-electron chi connectivity index (χ1n) is 5.54. The molecule has 0 saturated carbocycles. The number of aryl methyl sites for hydroxylation is 3. The molecule has 1 aromatic heterocycles. The number of aliphatic hydroxyl groups is 1. The standard InChI is InChI=1S/C12H18OS/c1-9(13)6-7-11-8-10-4-2-3-5-12(10)14-11/h8-9,13H,2-7H2,1H3/t9-/m0/s1. The van der Waals surface area contributed by atoms with Gasteiger partial charge in [-0.3, -0.25) is 0 Å². The van der Waals surface area contributed by atoms with Crippen LogP contribution < -0.4 is 0 Å². The van der Waals surface area contributed by atoms with Crippen LogP contribution in [-0.2, 0) is 19.3 Å². The molecule has 0 spiro atoms. The third kappa shape index (κ3) is 2.37. The van der Waals surface area contributed by atoms with E-state index in [4.69, 9.17) is 0 Å². The lowest BCUT2D eigenvalue weighted by Crippen LogP contribution is -2.00. The molecule has 0 amide bonds. The fraction of sp³-hybridized carbons (Fsp3) is 0.667. The predicted octanol–water partition coefficient (Wildman–Crippen LogP) is 2.94. The van der Waals surface area contributed by atoms with Crippen LogP contribution in [0.4, 0.5) is 0 Å². The van der Waals surface area contributed by atoms with Gasteiger partial charge in [-0.05, 0) is 57.1 Å². The normalized spacial score (nSPS) is 17.9. The van der Waals surface area contributed by atoms with E-state index in [9.17, 15) is 5.11 Å². The molecule has 0 fully saturated rings. The third-order valence-electron chi connectivity index (χ3n) is 2.86. The molecule has 0 aromatic carbocycles. The van der Waals surface area contributed by atoms with Crippen molar-refractivity contribution < 1.29 is 5.11 Å². The summed E-state index contributed by atoms with van der Waals surface area (Å²) in [6.07, 6.45) is 7.08. The molecule has 0 radical (unpaired) electrons. The van der Waals surface area contributed by atoms with Crippen molar-refractivity contribution in [3.63, 3.8) is 0 Å². The Kier molecular flexibility index (Phi) is 3.24. The summed E-state index contributed by atoms with van der Waals surface area (Å²) in [5.74, 6) is 0. The lowest BCUT2D eigenvalue weighted by molar-refractivity contribution is 0.185. The van der Waals surface area contributed by atoms with Crippen LogP contribution >= 0.6 is 11.3 Å². The number of hydrogen-bond acceptors (Lipinski definition) is 2. The van der Waals surface area contributed by atoms with Gasteiger partial charge in [0, 0.05) is 9.75 Å². The first-order chi connectivity index (χ1) is 6.75. The van der Waals surface area contributed by atoms with E-state index in [1.165, 1.54) is 30.6 Å². The second-order valence-electron chi connectivity index (χ2n) is 4.26. The van der Waals surface area contributed by atoms with Crippen molar-refractivity contribution in [1.29, 1.82) is 0 Å². The van der Waals surface area contributed by atoms with Crippen molar-refractivity contribution in [2.75, 3.05) is 0 Å². The molecule has 78 valence electrons. The topological polar surface area (TPSA) is 20.2 Å². The van der Waals surface area contributed by atoms with Gasteiger partial charge in [-0.1, -0.05) is 0 Å². The van der Waals surface area contributed by atoms with E-state index in [2.05, 4.69) is 6.07 Å². The van der Waals surface area contributed by atoms with Crippen molar-refractivity contribution >= 4 is 11.3 Å². The first-order valence-corrected chi connectivity index (χ1v) is 6.36. The van der Waals surface area contributed by atoms with E-state index < -0.39 is 0 Å². The largest absolute Gasteiger partial charge is 0.393 e. The maximum Gasteiger partial charge on any atom is 0.0515 e. The molecule has 2 rings (SSSR count). The van der Waals surface area contributed by atoms with Gasteiger partial charge in [-0.25, -0.2) is 0 Å². The van der Waals surface area contributed by atoms with Crippen molar-refractivity contribution in [3.8, 4) is 0 Å². The van der Waals surface area contributed by atoms with Crippen LogP contribution in [0, 0.1) is 0 Å². The smallest absolute Gasteiger partial charge is 0.0515 e. The maximum atomic E-state index is 9.22. The highest BCUT2D eigenvalue weighted by molar-refractivity contribution is 7.12. The zero-order chi connectivity index (χ0) is 9.97. The Morgan fingerprint density at radius 2 is 2.21 bits per heavy atom. The van der Waals surface area contributed by atoms with Crippen molar-refractivity contribution in [3.05, 3.63) is 21.4 Å². The monoisotopic (exact) mass is 210 g/mol. The van der Waals surface area contributed by atoms with Gasteiger partial charge in [0.25, 0.3) is 0 Å². The molecule has 1 nitrogen and oxygen atoms in total. The van der Waals surface area contributed by atoms with Crippen LogP contribution in [0.25, 0.3) is 0 Å². The average molecular weight is 210 g/mol. The number of fused-ring (bicyclic) bond motifs is 1. The molecule has 0 saturated heterocycles. The summed E-state index contributed by atoms with van der Waals surface area (Å²) < 4.78 is 0. The Labute approximate surface area is 89.8 Å². The van der Waals surface area contributed by atoms with Gasteiger partial charge in [-0.2, -0.15) is 0 Å². The molecular weight excluding hydrogens is 192 g/mol. The summed E-state index contributed by atoms with van der Waals surface area (Å²) in [4.78, 5) is 3.08. The lowest BCUT2D eigenvalue weighted by atomic mass is 9.99. The van der Waals surface area contributed by atoms with Crippen LogP contribution in [0.1, 0.15) is 41.5 Å². The van der Waals surface area contributed by atoms with E-state index in [0.717, 1.165) is 12.8 Å². The van der Waals surface area contributed by atoms with Crippen LogP contribution in [0.2, 0.25) is 0 Å². The highest BCUT2D eigenvalue weighted by atomic mass is 32.1. The fourth-order valence-electron chi connectivity index (χ4n) is 2.03. The van der Waals surface area contributed by atoms with Crippen LogP contribution in [0.3, 0.4) is 0 Å². The minimum absolute atomic E-state index is 0.158. The van der Waals surface area contributed by atoms with Crippen LogP contribution in [-0.4, -0.2) is 11.2 Å². The van der Waals surface area contributed by atoms with Gasteiger partial charge in [0.15, 0.2) is 0 Å². The summed E-state index contributed by atoms with van der Waals surface area (Å²) in [5, 5.41) is 9.22. The molecule has 14 heavy (non-hydrogen) atoms. The number of rotatable bonds is 3. The lowest BCUT2D eigenvalue weighted by Gasteiger charge is -2.08. The van der Waals surface area contributed by atoms with E-state index in [1.807, 2.05) is 18.3 Å². The van der Waals surface area contributed by atoms with Crippen molar-refractivity contribution in [2.45, 2.75) is 51.6 Å². The summed E-state index contributed by atoms with van der Waals surface area (Å²) in [5.41, 5.74) is 1.59. The summed E-state index contributed by atoms with van der Waals surface area (Å²) >= 11 is 1.97. The predicted molar refractivity (Wildman–Crippen MR) is 61.0 cm³/mol. The first kappa shape index (κ1) is 10.2. The van der Waals surface area contributed by atoms with E-state index in [-0.39, 0.29) is 6.10 Å². The van der Waals surface area contributed by atoms with E-state index in [0.29, 0.717) is 0 Å². The van der Waals surface area contributed by atoms with Gasteiger partial charge < -0.3 is 5.11 Å². The Morgan fingerprint density at radius 3 is 2.93 bits per heavy atom. The SMILES string of the molecule is C[C@H](O)CCc1cc2c(s1)CCCC2. The second kappa shape index (κ2) is 4.45. The Bertz CT molecular complexity index is 278. The Balaban J connectivity index is 2.01. The number of hydrogen-bond donors (Lipinski definition) is 1. The Hall–Kier alpha value is -0.340. The summed E-state index contributed by atoms with van der Waals surface area (Å²) in [6, 6.07) is 2.36. The van der Waals surface area contributed by atoms with Gasteiger partial charge in [0.1, 0.15) is 0 Å². The number of thiophene rings is 1. The molecule has 1 aliphatic rings. The average Bonchev–Trinajstić information content (AvgIpc) is 2.57. The molecular formula is C12H18OS. The summed E-state index contributed by atoms with van der Waals surface area (Å²) in [7, 11) is 0. The van der Waals surface area contributed by atoms with Crippen LogP contribution in [0.15, 0.2) is 6.07 Å². The zero-order valence-corrected chi connectivity index (χ0v) is 9.57. The van der Waals surface area contributed by atoms with Crippen molar-refractivity contribution in [2.24, 2.45) is 0 Å². The summed E-state index contributed by atoms with van der Waals surface area (Å²) in [6.45, 7) is 1.87. The molecule has 1 aliphatic carbocycles. The highest BCUT2D eigenvalue weighted by Crippen LogP contribution is 2.30. The molecule has 1 heterocycles. The molecule has 1 N–H and O–H groups in total. The molecule has 0 bridgehead atoms. The fourth-order valence-corrected chi connectivity index (χ4v) is 3.30. The second-order valence-corrected chi connectivity index (χ2v) is 5.48. The van der Waals surface area contributed by atoms with E-state index >= 15 is 0 Å². The molecule has 0 unspecified atom stereocenters. The van der Waals surface area contributed by atoms with Gasteiger partial charge >= 0.3 is 0 Å².